The van der Waals surface area contributed by atoms with Gasteiger partial charge in [0.1, 0.15) is 0 Å². The molecule has 0 aliphatic heterocycles. The zero-order chi connectivity index (χ0) is 29.6. The van der Waals surface area contributed by atoms with E-state index in [2.05, 4.69) is 97.9 Å². The maximum Gasteiger partial charge on any atom is 0.0897 e. The zero-order valence-corrected chi connectivity index (χ0v) is 26.3. The molecule has 0 unspecified atom stereocenters. The van der Waals surface area contributed by atoms with Crippen molar-refractivity contribution in [3.8, 4) is 45.6 Å². The van der Waals surface area contributed by atoms with Crippen LogP contribution in [-0.2, 0) is 16.8 Å². The average Bonchev–Trinajstić information content (AvgIpc) is 2.97. The summed E-state index contributed by atoms with van der Waals surface area (Å²) in [5.41, 5.74) is 14.0. The maximum absolute atomic E-state index is 4.86. The summed E-state index contributed by atoms with van der Waals surface area (Å²) in [6.07, 6.45) is 7.27. The Morgan fingerprint density at radius 2 is 0.512 bits per heavy atom. The van der Waals surface area contributed by atoms with E-state index in [4.69, 9.17) is 9.97 Å². The Kier molecular flexibility index (Phi) is 10.2. The molecule has 0 atom stereocenters. The van der Waals surface area contributed by atoms with E-state index in [-0.39, 0.29) is 16.8 Å². The van der Waals surface area contributed by atoms with Gasteiger partial charge in [0.15, 0.2) is 0 Å². The predicted octanol–water partition coefficient (Wildman–Crippen LogP) is 8.26. The molecule has 0 N–H and O–H groups in total. The molecule has 6 nitrogen and oxygen atoms in total. The summed E-state index contributed by atoms with van der Waals surface area (Å²) < 4.78 is 0. The largest absolute Gasteiger partial charge is 0.255 e. The van der Waals surface area contributed by atoms with Crippen molar-refractivity contribution in [2.75, 3.05) is 0 Å². The van der Waals surface area contributed by atoms with Crippen molar-refractivity contribution < 1.29 is 16.8 Å². The average molecular weight is 610 g/mol. The Labute approximate surface area is 264 Å². The molecule has 0 aliphatic carbocycles. The molecule has 1 radical (unpaired) electrons. The van der Waals surface area contributed by atoms with Crippen molar-refractivity contribution in [3.05, 3.63) is 131 Å². The molecule has 6 aromatic heterocycles. The van der Waals surface area contributed by atoms with E-state index in [9.17, 15) is 0 Å². The van der Waals surface area contributed by atoms with Crippen molar-refractivity contribution in [3.63, 3.8) is 0 Å². The molecule has 217 valence electrons. The van der Waals surface area contributed by atoms with E-state index in [1.54, 1.807) is 0 Å². The minimum Gasteiger partial charge on any atom is -0.255 e. The third-order valence-electron chi connectivity index (χ3n) is 6.65. The zero-order valence-electron chi connectivity index (χ0n) is 25.3. The van der Waals surface area contributed by atoms with Crippen LogP contribution in [0.3, 0.4) is 0 Å². The summed E-state index contributed by atoms with van der Waals surface area (Å²) in [5, 5.41) is 0. The number of aryl methyl sites for hydroxylation is 6. The van der Waals surface area contributed by atoms with Crippen LogP contribution in [0.1, 0.15) is 33.4 Å². The van der Waals surface area contributed by atoms with Crippen LogP contribution in [0, 0.1) is 41.5 Å². The molecule has 0 saturated heterocycles. The minimum absolute atomic E-state index is 0. The molecule has 0 aromatic carbocycles. The molecule has 0 aliphatic rings. The fourth-order valence-electron chi connectivity index (χ4n) is 4.56. The molecule has 0 spiro atoms. The Balaban J connectivity index is 0.000000238. The molecular weight excluding hydrogens is 575 g/mol. The Bertz CT molecular complexity index is 1730. The topological polar surface area (TPSA) is 77.3 Å². The molecule has 0 saturated carbocycles. The second kappa shape index (κ2) is 14.0. The van der Waals surface area contributed by atoms with Gasteiger partial charge in [-0.25, -0.2) is 9.97 Å². The van der Waals surface area contributed by atoms with E-state index < -0.39 is 0 Å². The van der Waals surface area contributed by atoms with Gasteiger partial charge in [-0.1, -0.05) is 0 Å². The molecule has 43 heavy (non-hydrogen) atoms. The number of hydrogen-bond acceptors (Lipinski definition) is 6. The van der Waals surface area contributed by atoms with E-state index in [0.29, 0.717) is 0 Å². The van der Waals surface area contributed by atoms with Crippen molar-refractivity contribution in [2.24, 2.45) is 0 Å². The summed E-state index contributed by atoms with van der Waals surface area (Å²) in [6, 6.07) is 24.4. The van der Waals surface area contributed by atoms with Crippen LogP contribution in [-0.4, -0.2) is 29.9 Å². The number of nitrogens with zero attached hydrogens (tertiary/aromatic N) is 6. The van der Waals surface area contributed by atoms with E-state index in [0.717, 1.165) is 67.8 Å². The van der Waals surface area contributed by atoms with Gasteiger partial charge in [0.05, 0.1) is 45.6 Å². The first-order valence-corrected chi connectivity index (χ1v) is 13.9. The summed E-state index contributed by atoms with van der Waals surface area (Å²) in [6.45, 7) is 12.4. The van der Waals surface area contributed by atoms with Crippen LogP contribution in [0.2, 0.25) is 0 Å². The van der Waals surface area contributed by atoms with E-state index >= 15 is 0 Å². The van der Waals surface area contributed by atoms with Gasteiger partial charge in [0, 0.05) is 41.6 Å². The van der Waals surface area contributed by atoms with Crippen LogP contribution >= 0.6 is 0 Å². The molecule has 0 amide bonds. The van der Waals surface area contributed by atoms with Crippen molar-refractivity contribution in [2.45, 2.75) is 41.5 Å². The van der Waals surface area contributed by atoms with Gasteiger partial charge < -0.3 is 0 Å². The molecule has 0 fully saturated rings. The Morgan fingerprint density at radius 3 is 0.767 bits per heavy atom. The molecule has 7 heteroatoms. The third kappa shape index (κ3) is 8.25. The summed E-state index contributed by atoms with van der Waals surface area (Å²) in [4.78, 5) is 27.3. The first kappa shape index (κ1) is 31.3. The van der Waals surface area contributed by atoms with Gasteiger partial charge in [-0.3, -0.25) is 19.9 Å². The van der Waals surface area contributed by atoms with Gasteiger partial charge in [-0.05, 0) is 148 Å². The van der Waals surface area contributed by atoms with E-state index in [1.165, 1.54) is 11.1 Å². The van der Waals surface area contributed by atoms with Gasteiger partial charge in [0.2, 0.25) is 0 Å². The fraction of sp³-hybridized carbons (Fsp3) is 0.167. The fourth-order valence-corrected chi connectivity index (χ4v) is 4.56. The molecular formula is C36H34CoN6. The van der Waals surface area contributed by atoms with Gasteiger partial charge in [-0.15, -0.1) is 0 Å². The predicted molar refractivity (Wildman–Crippen MR) is 170 cm³/mol. The van der Waals surface area contributed by atoms with Crippen LogP contribution in [0.4, 0.5) is 0 Å². The summed E-state index contributed by atoms with van der Waals surface area (Å²) in [7, 11) is 0. The molecule has 6 aromatic rings. The van der Waals surface area contributed by atoms with Gasteiger partial charge >= 0.3 is 0 Å². The maximum atomic E-state index is 4.86. The summed E-state index contributed by atoms with van der Waals surface area (Å²) in [5.74, 6) is 0. The number of pyridine rings is 6. The monoisotopic (exact) mass is 609 g/mol. The van der Waals surface area contributed by atoms with Crippen molar-refractivity contribution in [1.29, 1.82) is 0 Å². The molecule has 0 bridgehead atoms. The van der Waals surface area contributed by atoms with E-state index in [1.807, 2.05) is 61.2 Å². The standard InChI is InChI=1S/C24H22N4.C12H12N2.Co/c1-15-5-7-25-19(9-15)21-11-17(3)13-23(27-21)24-14-18(4)12-22(28-24)20-10-16(2)6-8-26-20;1-9-3-5-13-11(7-9)12-8-10(2)4-6-14-12;/h5-14H,1-4H3;3-8H,1-2H3;. The van der Waals surface area contributed by atoms with Crippen LogP contribution in [0.25, 0.3) is 45.6 Å². The third-order valence-corrected chi connectivity index (χ3v) is 6.65. The van der Waals surface area contributed by atoms with Crippen molar-refractivity contribution in [1.82, 2.24) is 29.9 Å². The summed E-state index contributed by atoms with van der Waals surface area (Å²) >= 11 is 0. The van der Waals surface area contributed by atoms with Gasteiger partial charge in [0.25, 0.3) is 0 Å². The van der Waals surface area contributed by atoms with Crippen LogP contribution in [0.5, 0.6) is 0 Å². The quantitative estimate of drug-likeness (QED) is 0.200. The Hall–Kier alpha value is -4.59. The first-order chi connectivity index (χ1) is 20.2. The van der Waals surface area contributed by atoms with Crippen molar-refractivity contribution >= 4 is 0 Å². The Morgan fingerprint density at radius 1 is 0.302 bits per heavy atom. The van der Waals surface area contributed by atoms with Crippen LogP contribution in [0.15, 0.2) is 97.6 Å². The second-order valence-electron chi connectivity index (χ2n) is 10.7. The SMILES string of the molecule is Cc1ccnc(-c2cc(C)cc(-c3cc(C)cc(-c4cc(C)ccn4)n3)n2)c1.Cc1ccnc(-c2cc(C)ccn2)c1.[Co]. The molecule has 6 heterocycles. The number of hydrogen-bond donors (Lipinski definition) is 0. The smallest absolute Gasteiger partial charge is 0.0897 e. The second-order valence-corrected chi connectivity index (χ2v) is 10.7. The normalized spacial score (nSPS) is 10.4. The van der Waals surface area contributed by atoms with Crippen LogP contribution < -0.4 is 0 Å². The number of aromatic nitrogens is 6. The number of rotatable bonds is 4. The first-order valence-electron chi connectivity index (χ1n) is 13.9. The molecule has 6 rings (SSSR count). The van der Waals surface area contributed by atoms with Gasteiger partial charge in [-0.2, -0.15) is 0 Å². The minimum atomic E-state index is 0.